The molecule has 0 aliphatic carbocycles. The van der Waals surface area contributed by atoms with E-state index in [0.29, 0.717) is 13.1 Å². The van der Waals surface area contributed by atoms with Crippen LogP contribution in [0.1, 0.15) is 16.9 Å². The molecule has 1 unspecified atom stereocenters. The summed E-state index contributed by atoms with van der Waals surface area (Å²) in [5, 5.41) is 2.04. The van der Waals surface area contributed by atoms with Crippen molar-refractivity contribution in [3.05, 3.63) is 50.6 Å². The fraction of sp³-hybridized carbons (Fsp3) is 0.333. The lowest BCUT2D eigenvalue weighted by atomic mass is 10.1. The quantitative estimate of drug-likeness (QED) is 0.773. The number of carbonyl (C=O) groups excluding carboxylic acids is 2. The first-order valence-electron chi connectivity index (χ1n) is 7.79. The van der Waals surface area contributed by atoms with Crippen LogP contribution in [0.15, 0.2) is 40.2 Å². The fourth-order valence-corrected chi connectivity index (χ4v) is 4.28. The molecule has 24 heavy (non-hydrogen) atoms. The van der Waals surface area contributed by atoms with Crippen molar-refractivity contribution in [3.63, 3.8) is 0 Å². The molecule has 2 aromatic rings. The van der Waals surface area contributed by atoms with Crippen LogP contribution in [-0.2, 0) is 16.1 Å². The maximum absolute atomic E-state index is 12.7. The number of anilines is 1. The molecule has 6 heteroatoms. The fourth-order valence-electron chi connectivity index (χ4n) is 2.94. The molecular weight excluding hydrogens is 388 g/mol. The van der Waals surface area contributed by atoms with Gasteiger partial charge in [-0.15, -0.1) is 11.3 Å². The highest BCUT2D eigenvalue weighted by atomic mass is 79.9. The summed E-state index contributed by atoms with van der Waals surface area (Å²) < 4.78 is 0.924. The first kappa shape index (κ1) is 17.2. The van der Waals surface area contributed by atoms with Crippen molar-refractivity contribution in [1.82, 2.24) is 4.90 Å². The molecule has 1 saturated heterocycles. The van der Waals surface area contributed by atoms with Gasteiger partial charge < -0.3 is 9.80 Å². The predicted molar refractivity (Wildman–Crippen MR) is 100 cm³/mol. The van der Waals surface area contributed by atoms with Crippen molar-refractivity contribution >= 4 is 44.8 Å². The van der Waals surface area contributed by atoms with Crippen molar-refractivity contribution in [1.29, 1.82) is 0 Å². The molecule has 2 heterocycles. The molecule has 1 aromatic carbocycles. The number of nitrogens with zero attached hydrogens (tertiary/aromatic N) is 2. The highest BCUT2D eigenvalue weighted by Crippen LogP contribution is 2.28. The zero-order chi connectivity index (χ0) is 17.3. The van der Waals surface area contributed by atoms with Crippen LogP contribution >= 0.6 is 27.3 Å². The number of hydrogen-bond acceptors (Lipinski definition) is 3. The smallest absolute Gasteiger partial charge is 0.228 e. The Morgan fingerprint density at radius 2 is 2.21 bits per heavy atom. The summed E-state index contributed by atoms with van der Waals surface area (Å²) in [5.74, 6) is -0.234. The summed E-state index contributed by atoms with van der Waals surface area (Å²) in [5.41, 5.74) is 2.04. The molecule has 126 valence electrons. The molecule has 0 bridgehead atoms. The summed E-state index contributed by atoms with van der Waals surface area (Å²) in [6, 6.07) is 9.68. The van der Waals surface area contributed by atoms with Crippen LogP contribution in [-0.4, -0.2) is 30.3 Å². The maximum atomic E-state index is 12.7. The Bertz CT molecular complexity index is 774. The first-order valence-corrected chi connectivity index (χ1v) is 9.47. The molecule has 0 saturated carbocycles. The average Bonchev–Trinajstić information content (AvgIpc) is 3.13. The first-order chi connectivity index (χ1) is 11.5. The number of halogens is 1. The lowest BCUT2D eigenvalue weighted by Crippen LogP contribution is -2.34. The Hall–Kier alpha value is -1.66. The molecule has 1 atom stereocenters. The number of thiophene rings is 1. The summed E-state index contributed by atoms with van der Waals surface area (Å²) >= 11 is 5.09. The minimum atomic E-state index is -0.276. The number of hydrogen-bond donors (Lipinski definition) is 0. The van der Waals surface area contributed by atoms with Gasteiger partial charge in [0.05, 0.1) is 12.5 Å². The van der Waals surface area contributed by atoms with Gasteiger partial charge in [-0.25, -0.2) is 0 Å². The van der Waals surface area contributed by atoms with E-state index >= 15 is 0 Å². The monoisotopic (exact) mass is 406 g/mol. The van der Waals surface area contributed by atoms with Gasteiger partial charge in [0.25, 0.3) is 0 Å². The zero-order valence-electron chi connectivity index (χ0n) is 13.7. The van der Waals surface area contributed by atoms with Gasteiger partial charge >= 0.3 is 0 Å². The SMILES string of the molecule is Cc1ccsc1CN(C)C(=O)C1CC(=O)N(c2cccc(Br)c2)C1. The zero-order valence-corrected chi connectivity index (χ0v) is 16.1. The molecule has 2 amide bonds. The van der Waals surface area contributed by atoms with Gasteiger partial charge in [0.2, 0.25) is 11.8 Å². The van der Waals surface area contributed by atoms with Crippen molar-refractivity contribution in [3.8, 4) is 0 Å². The third kappa shape index (κ3) is 3.54. The highest BCUT2D eigenvalue weighted by molar-refractivity contribution is 9.10. The second kappa shape index (κ2) is 7.07. The molecule has 0 radical (unpaired) electrons. The van der Waals surface area contributed by atoms with E-state index in [-0.39, 0.29) is 24.2 Å². The lowest BCUT2D eigenvalue weighted by Gasteiger charge is -2.21. The number of aryl methyl sites for hydroxylation is 1. The van der Waals surface area contributed by atoms with Crippen LogP contribution < -0.4 is 4.90 Å². The van der Waals surface area contributed by atoms with Gasteiger partial charge in [-0.05, 0) is 42.1 Å². The Balaban J connectivity index is 1.68. The van der Waals surface area contributed by atoms with E-state index in [0.717, 1.165) is 10.2 Å². The molecular formula is C18H19BrN2O2S. The minimum Gasteiger partial charge on any atom is -0.340 e. The number of carbonyl (C=O) groups is 2. The third-order valence-corrected chi connectivity index (χ3v) is 5.82. The van der Waals surface area contributed by atoms with E-state index in [4.69, 9.17) is 0 Å². The second-order valence-electron chi connectivity index (χ2n) is 6.11. The summed E-state index contributed by atoms with van der Waals surface area (Å²) in [6.07, 6.45) is 0.277. The predicted octanol–water partition coefficient (Wildman–Crippen LogP) is 3.83. The normalized spacial score (nSPS) is 17.4. The maximum Gasteiger partial charge on any atom is 0.228 e. The van der Waals surface area contributed by atoms with Crippen LogP contribution in [0.25, 0.3) is 0 Å². The van der Waals surface area contributed by atoms with Crippen LogP contribution in [0.2, 0.25) is 0 Å². The number of benzene rings is 1. The highest BCUT2D eigenvalue weighted by Gasteiger charge is 2.36. The molecule has 0 N–H and O–H groups in total. The van der Waals surface area contributed by atoms with E-state index in [2.05, 4.69) is 28.9 Å². The van der Waals surface area contributed by atoms with E-state index in [9.17, 15) is 9.59 Å². The lowest BCUT2D eigenvalue weighted by molar-refractivity contribution is -0.135. The Morgan fingerprint density at radius 1 is 1.42 bits per heavy atom. The topological polar surface area (TPSA) is 40.6 Å². The molecule has 0 spiro atoms. The van der Waals surface area contributed by atoms with E-state index in [1.807, 2.05) is 36.7 Å². The van der Waals surface area contributed by atoms with Gasteiger partial charge in [0, 0.05) is 35.1 Å². The van der Waals surface area contributed by atoms with Gasteiger partial charge in [0.1, 0.15) is 0 Å². The van der Waals surface area contributed by atoms with Crippen molar-refractivity contribution in [2.24, 2.45) is 5.92 Å². The van der Waals surface area contributed by atoms with E-state index in [1.165, 1.54) is 10.4 Å². The van der Waals surface area contributed by atoms with E-state index < -0.39 is 0 Å². The molecule has 1 aliphatic heterocycles. The van der Waals surface area contributed by atoms with Gasteiger partial charge in [-0.1, -0.05) is 22.0 Å². The summed E-state index contributed by atoms with van der Waals surface area (Å²) in [4.78, 5) is 29.7. The average molecular weight is 407 g/mol. The summed E-state index contributed by atoms with van der Waals surface area (Å²) in [6.45, 7) is 3.10. The van der Waals surface area contributed by atoms with Crippen LogP contribution in [0.5, 0.6) is 0 Å². The second-order valence-corrected chi connectivity index (χ2v) is 8.02. The van der Waals surface area contributed by atoms with Crippen LogP contribution in [0, 0.1) is 12.8 Å². The minimum absolute atomic E-state index is 0.00662. The number of amides is 2. The molecule has 1 aromatic heterocycles. The number of rotatable bonds is 4. The third-order valence-electron chi connectivity index (χ3n) is 4.32. The van der Waals surface area contributed by atoms with Gasteiger partial charge in [-0.2, -0.15) is 0 Å². The molecule has 4 nitrogen and oxygen atoms in total. The molecule has 1 fully saturated rings. The van der Waals surface area contributed by atoms with Crippen LogP contribution in [0.4, 0.5) is 5.69 Å². The van der Waals surface area contributed by atoms with E-state index in [1.54, 1.807) is 21.1 Å². The molecule has 3 rings (SSSR count). The Morgan fingerprint density at radius 3 is 2.88 bits per heavy atom. The van der Waals surface area contributed by atoms with Gasteiger partial charge in [0.15, 0.2) is 0 Å². The Kier molecular flexibility index (Phi) is 5.06. The van der Waals surface area contributed by atoms with Crippen molar-refractivity contribution < 1.29 is 9.59 Å². The van der Waals surface area contributed by atoms with Gasteiger partial charge in [-0.3, -0.25) is 9.59 Å². The standard InChI is InChI=1S/C18H19BrN2O2S/c1-12-6-7-24-16(12)11-20(2)18(23)13-8-17(22)21(10-13)15-5-3-4-14(19)9-15/h3-7,9,13H,8,10-11H2,1-2H3. The molecule has 1 aliphatic rings. The van der Waals surface area contributed by atoms with Crippen LogP contribution in [0.3, 0.4) is 0 Å². The van der Waals surface area contributed by atoms with Crippen molar-refractivity contribution in [2.75, 3.05) is 18.5 Å². The van der Waals surface area contributed by atoms with Crippen molar-refractivity contribution in [2.45, 2.75) is 19.9 Å². The Labute approximate surface area is 154 Å². The largest absolute Gasteiger partial charge is 0.340 e. The summed E-state index contributed by atoms with van der Waals surface area (Å²) in [7, 11) is 1.81.